The third-order valence-electron chi connectivity index (χ3n) is 3.34. The monoisotopic (exact) mass is 306 g/mol. The smallest absolute Gasteiger partial charge is 0.369 e. The van der Waals surface area contributed by atoms with Crippen LogP contribution in [0.3, 0.4) is 0 Å². The van der Waals surface area contributed by atoms with Crippen LogP contribution in [0.1, 0.15) is 15.9 Å². The first-order chi connectivity index (χ1) is 9.27. The van der Waals surface area contributed by atoms with E-state index >= 15 is 0 Å². The Morgan fingerprint density at radius 1 is 1.15 bits per heavy atom. The number of rotatable bonds is 2. The molecule has 110 valence electrons. The first kappa shape index (κ1) is 15.1. The number of carbonyl (C=O) groups excluding carboxylic acids is 1. The van der Waals surface area contributed by atoms with E-state index in [-0.39, 0.29) is 5.56 Å². The highest BCUT2D eigenvalue weighted by molar-refractivity contribution is 6.67. The van der Waals surface area contributed by atoms with Crippen LogP contribution in [0.25, 0.3) is 0 Å². The fourth-order valence-corrected chi connectivity index (χ4v) is 2.24. The van der Waals surface area contributed by atoms with Crippen molar-refractivity contribution >= 4 is 22.5 Å². The van der Waals surface area contributed by atoms with Crippen LogP contribution in [-0.2, 0) is 6.18 Å². The van der Waals surface area contributed by atoms with Crippen molar-refractivity contribution in [3.8, 4) is 0 Å². The van der Waals surface area contributed by atoms with Gasteiger partial charge in [-0.3, -0.25) is 4.79 Å². The van der Waals surface area contributed by atoms with Gasteiger partial charge in [-0.25, -0.2) is 0 Å². The number of carbonyl (C=O) groups is 1. The normalized spacial score (nSPS) is 17.4. The van der Waals surface area contributed by atoms with E-state index in [1.807, 2.05) is 11.9 Å². The van der Waals surface area contributed by atoms with Crippen LogP contribution in [0, 0.1) is 0 Å². The van der Waals surface area contributed by atoms with Gasteiger partial charge in [0.05, 0.1) is 5.56 Å². The number of piperazine rings is 1. The van der Waals surface area contributed by atoms with E-state index in [4.69, 9.17) is 11.6 Å². The number of benzene rings is 1. The topological polar surface area (TPSA) is 23.6 Å². The highest BCUT2D eigenvalue weighted by atomic mass is 35.5. The quantitative estimate of drug-likeness (QED) is 0.785. The summed E-state index contributed by atoms with van der Waals surface area (Å²) in [5.74, 6) is 0. The van der Waals surface area contributed by atoms with Crippen molar-refractivity contribution in [2.75, 3.05) is 38.1 Å². The van der Waals surface area contributed by atoms with E-state index in [0.29, 0.717) is 18.8 Å². The molecule has 0 unspecified atom stereocenters. The highest BCUT2D eigenvalue weighted by Gasteiger charge is 2.32. The summed E-state index contributed by atoms with van der Waals surface area (Å²) >= 11 is 5.33. The lowest BCUT2D eigenvalue weighted by Gasteiger charge is -2.34. The predicted octanol–water partition coefficient (Wildman–Crippen LogP) is 2.84. The molecule has 1 heterocycles. The summed E-state index contributed by atoms with van der Waals surface area (Å²) in [7, 11) is 1.96. The van der Waals surface area contributed by atoms with Crippen LogP contribution in [-0.4, -0.2) is 43.4 Å². The summed E-state index contributed by atoms with van der Waals surface area (Å²) in [4.78, 5) is 15.1. The van der Waals surface area contributed by atoms with Crippen LogP contribution in [0.4, 0.5) is 18.9 Å². The van der Waals surface area contributed by atoms with Crippen molar-refractivity contribution in [2.24, 2.45) is 0 Å². The van der Waals surface area contributed by atoms with Gasteiger partial charge in [-0.15, -0.1) is 0 Å². The van der Waals surface area contributed by atoms with Crippen LogP contribution in [0.5, 0.6) is 0 Å². The molecule has 0 aromatic heterocycles. The molecule has 3 nitrogen and oxygen atoms in total. The molecule has 1 fully saturated rings. The van der Waals surface area contributed by atoms with Gasteiger partial charge in [0.1, 0.15) is 0 Å². The Bertz CT molecular complexity index is 511. The number of anilines is 1. The molecule has 0 spiro atoms. The molecule has 2 rings (SSSR count). The van der Waals surface area contributed by atoms with Crippen LogP contribution >= 0.6 is 11.6 Å². The van der Waals surface area contributed by atoms with Gasteiger partial charge in [0.15, 0.2) is 0 Å². The average Bonchev–Trinajstić information content (AvgIpc) is 2.38. The molecule has 0 radical (unpaired) electrons. The van der Waals surface area contributed by atoms with Crippen molar-refractivity contribution in [2.45, 2.75) is 6.18 Å². The standard InChI is InChI=1S/C13H14ClF3N2O/c1-18-2-4-19(5-3-18)11-7-9(12(14)20)6-10(8-11)13(15,16)17/h6-8H,2-5H2,1H3. The number of halogens is 4. The highest BCUT2D eigenvalue weighted by Crippen LogP contribution is 2.33. The second kappa shape index (κ2) is 5.61. The number of nitrogens with zero attached hydrogens (tertiary/aromatic N) is 2. The summed E-state index contributed by atoms with van der Waals surface area (Å²) in [6, 6.07) is 3.26. The van der Waals surface area contributed by atoms with Gasteiger partial charge >= 0.3 is 6.18 Å². The molecule has 1 aromatic rings. The molecule has 1 aromatic carbocycles. The van der Waals surface area contributed by atoms with Crippen LogP contribution in [0.15, 0.2) is 18.2 Å². The minimum absolute atomic E-state index is 0.129. The molecule has 20 heavy (non-hydrogen) atoms. The zero-order valence-electron chi connectivity index (χ0n) is 10.9. The molecule has 0 bridgehead atoms. The first-order valence-corrected chi connectivity index (χ1v) is 6.51. The van der Waals surface area contributed by atoms with E-state index in [9.17, 15) is 18.0 Å². The Kier molecular flexibility index (Phi) is 4.25. The average molecular weight is 307 g/mol. The SMILES string of the molecule is CN1CCN(c2cc(C(=O)Cl)cc(C(F)(F)F)c2)CC1. The number of hydrogen-bond donors (Lipinski definition) is 0. The molecule has 0 aliphatic carbocycles. The Hall–Kier alpha value is -1.27. The van der Waals surface area contributed by atoms with Crippen molar-refractivity contribution < 1.29 is 18.0 Å². The van der Waals surface area contributed by atoms with E-state index < -0.39 is 17.0 Å². The van der Waals surface area contributed by atoms with Crippen molar-refractivity contribution in [1.29, 1.82) is 0 Å². The maximum Gasteiger partial charge on any atom is 0.416 e. The Morgan fingerprint density at radius 3 is 2.25 bits per heavy atom. The summed E-state index contributed by atoms with van der Waals surface area (Å²) in [5.41, 5.74) is -0.592. The number of alkyl halides is 3. The van der Waals surface area contributed by atoms with E-state index in [1.54, 1.807) is 0 Å². The predicted molar refractivity (Wildman–Crippen MR) is 71.3 cm³/mol. The largest absolute Gasteiger partial charge is 0.416 e. The summed E-state index contributed by atoms with van der Waals surface area (Å²) in [6.07, 6.45) is -4.50. The van der Waals surface area contributed by atoms with E-state index in [1.165, 1.54) is 6.07 Å². The summed E-state index contributed by atoms with van der Waals surface area (Å²) in [5, 5.41) is -0.883. The van der Waals surface area contributed by atoms with E-state index in [2.05, 4.69) is 4.90 Å². The maximum atomic E-state index is 12.9. The Labute approximate surface area is 119 Å². The lowest BCUT2D eigenvalue weighted by molar-refractivity contribution is -0.137. The van der Waals surface area contributed by atoms with Crippen molar-refractivity contribution in [3.05, 3.63) is 29.3 Å². The minimum atomic E-state index is -4.50. The van der Waals surface area contributed by atoms with Crippen LogP contribution < -0.4 is 4.90 Å². The molecule has 7 heteroatoms. The van der Waals surface area contributed by atoms with E-state index in [0.717, 1.165) is 25.2 Å². The lowest BCUT2D eigenvalue weighted by atomic mass is 10.1. The van der Waals surface area contributed by atoms with Gasteiger partial charge in [-0.05, 0) is 36.8 Å². The molecular formula is C13H14ClF3N2O. The van der Waals surface area contributed by atoms with Gasteiger partial charge in [0.25, 0.3) is 5.24 Å². The lowest BCUT2D eigenvalue weighted by Crippen LogP contribution is -2.44. The molecule has 0 amide bonds. The fourth-order valence-electron chi connectivity index (χ4n) is 2.14. The fraction of sp³-hybridized carbons (Fsp3) is 0.462. The Morgan fingerprint density at radius 2 is 1.75 bits per heavy atom. The number of hydrogen-bond acceptors (Lipinski definition) is 3. The molecule has 0 saturated carbocycles. The third kappa shape index (κ3) is 3.43. The minimum Gasteiger partial charge on any atom is -0.369 e. The zero-order valence-corrected chi connectivity index (χ0v) is 11.6. The van der Waals surface area contributed by atoms with Gasteiger partial charge in [-0.2, -0.15) is 13.2 Å². The first-order valence-electron chi connectivity index (χ1n) is 6.13. The van der Waals surface area contributed by atoms with Crippen molar-refractivity contribution in [3.63, 3.8) is 0 Å². The maximum absolute atomic E-state index is 12.9. The molecule has 0 N–H and O–H groups in total. The molecule has 0 atom stereocenters. The molecule has 1 aliphatic heterocycles. The van der Waals surface area contributed by atoms with Gasteiger partial charge in [0.2, 0.25) is 0 Å². The second-order valence-electron chi connectivity index (χ2n) is 4.83. The van der Waals surface area contributed by atoms with Crippen LogP contribution in [0.2, 0.25) is 0 Å². The second-order valence-corrected chi connectivity index (χ2v) is 5.17. The van der Waals surface area contributed by atoms with Gasteiger partial charge in [0, 0.05) is 37.4 Å². The summed E-state index contributed by atoms with van der Waals surface area (Å²) in [6.45, 7) is 2.77. The molecular weight excluding hydrogens is 293 g/mol. The zero-order chi connectivity index (χ0) is 14.9. The number of likely N-dealkylation sites (N-methyl/N-ethyl adjacent to an activating group) is 1. The molecule has 1 saturated heterocycles. The van der Waals surface area contributed by atoms with Gasteiger partial charge < -0.3 is 9.80 Å². The molecule has 1 aliphatic rings. The third-order valence-corrected chi connectivity index (χ3v) is 3.56. The Balaban J connectivity index is 2.37. The van der Waals surface area contributed by atoms with Gasteiger partial charge in [-0.1, -0.05) is 0 Å². The summed E-state index contributed by atoms with van der Waals surface area (Å²) < 4.78 is 38.6. The van der Waals surface area contributed by atoms with Crippen molar-refractivity contribution in [1.82, 2.24) is 4.90 Å².